The van der Waals surface area contributed by atoms with Crippen LogP contribution in [0.25, 0.3) is 0 Å². The van der Waals surface area contributed by atoms with E-state index in [1.54, 1.807) is 13.0 Å². The summed E-state index contributed by atoms with van der Waals surface area (Å²) in [6.45, 7) is 1.56. The van der Waals surface area contributed by atoms with Gasteiger partial charge < -0.3 is 14.6 Å². The molecular weight excluding hydrogens is 544 g/mol. The second kappa shape index (κ2) is 9.79. The predicted molar refractivity (Wildman–Crippen MR) is 148 cm³/mol. The zero-order chi connectivity index (χ0) is 30.0. The maximum atomic E-state index is 14.0. The normalized spacial score (nSPS) is 25.0. The van der Waals surface area contributed by atoms with Crippen molar-refractivity contribution in [3.8, 4) is 17.2 Å². The first kappa shape index (κ1) is 27.1. The van der Waals surface area contributed by atoms with Gasteiger partial charge in [-0.3, -0.25) is 29.3 Å². The van der Waals surface area contributed by atoms with Gasteiger partial charge in [-0.15, -0.1) is 0 Å². The molecule has 0 bridgehead atoms. The lowest BCUT2D eigenvalue weighted by molar-refractivity contribution is -0.384. The third-order valence-corrected chi connectivity index (χ3v) is 8.70. The number of fused-ring (bicyclic) bond motifs is 3. The van der Waals surface area contributed by atoms with E-state index in [1.165, 1.54) is 50.6 Å². The van der Waals surface area contributed by atoms with Gasteiger partial charge in [0.15, 0.2) is 11.6 Å². The van der Waals surface area contributed by atoms with E-state index in [0.717, 1.165) is 4.90 Å². The minimum absolute atomic E-state index is 0.0498. The molecule has 42 heavy (non-hydrogen) atoms. The topological polar surface area (TPSA) is 153 Å². The molecule has 1 N–H and O–H groups in total. The van der Waals surface area contributed by atoms with Crippen molar-refractivity contribution in [2.45, 2.75) is 25.7 Å². The van der Waals surface area contributed by atoms with E-state index in [9.17, 15) is 34.4 Å². The first-order valence-electron chi connectivity index (χ1n) is 13.3. The molecule has 3 aliphatic carbocycles. The van der Waals surface area contributed by atoms with E-state index in [2.05, 4.69) is 0 Å². The number of rotatable bonds is 5. The maximum absolute atomic E-state index is 14.0. The molecule has 0 aromatic heterocycles. The number of imide groups is 1. The molecule has 0 unspecified atom stereocenters. The molecule has 0 spiro atoms. The number of nitro benzene ring substituents is 1. The number of non-ortho nitro benzene ring substituents is 1. The fourth-order valence-corrected chi connectivity index (χ4v) is 6.86. The average molecular weight is 571 g/mol. The van der Waals surface area contributed by atoms with Crippen LogP contribution in [0.3, 0.4) is 0 Å². The van der Waals surface area contributed by atoms with Crippen molar-refractivity contribution in [1.29, 1.82) is 0 Å². The Bertz CT molecular complexity index is 1720. The summed E-state index contributed by atoms with van der Waals surface area (Å²) in [7, 11) is 2.84. The van der Waals surface area contributed by atoms with Gasteiger partial charge in [0.1, 0.15) is 17.2 Å². The van der Waals surface area contributed by atoms with Crippen molar-refractivity contribution in [3.05, 3.63) is 86.5 Å². The van der Waals surface area contributed by atoms with Crippen molar-refractivity contribution in [1.82, 2.24) is 0 Å². The van der Waals surface area contributed by atoms with Gasteiger partial charge in [-0.25, -0.2) is 4.90 Å². The van der Waals surface area contributed by atoms with Crippen LogP contribution < -0.4 is 14.4 Å². The lowest BCUT2D eigenvalue weighted by Gasteiger charge is -2.42. The minimum Gasteiger partial charge on any atom is -0.507 e. The fraction of sp³-hybridized carbons (Fsp3) is 0.290. The Morgan fingerprint density at radius 3 is 2.48 bits per heavy atom. The predicted octanol–water partition coefficient (Wildman–Crippen LogP) is 3.95. The van der Waals surface area contributed by atoms with E-state index >= 15 is 0 Å². The standard InChI is InChI=1S/C31H26N2O9/c1-14-9-22(34)21-13-20-18(26(27(21)29(14)36)28-23(35)11-17(41-2)12-24(28)42-3)7-8-19-25(20)31(38)32(30(19)37)15-5-4-6-16(10-15)33(39)40/h4-7,9-12,19-20,25-26,35H,8,13H2,1-3H3/t19-,20+,25-,26-/m0/s1. The lowest BCUT2D eigenvalue weighted by atomic mass is 9.59. The van der Waals surface area contributed by atoms with E-state index < -0.39 is 40.4 Å². The molecule has 1 aliphatic heterocycles. The molecule has 2 aromatic rings. The minimum atomic E-state index is -0.921. The van der Waals surface area contributed by atoms with E-state index in [4.69, 9.17) is 9.47 Å². The van der Waals surface area contributed by atoms with Crippen LogP contribution in [0.1, 0.15) is 31.2 Å². The van der Waals surface area contributed by atoms with Gasteiger partial charge in [0.2, 0.25) is 11.8 Å². The highest BCUT2D eigenvalue weighted by Crippen LogP contribution is 2.58. The number of anilines is 1. The largest absolute Gasteiger partial charge is 0.507 e. The van der Waals surface area contributed by atoms with Crippen LogP contribution in [0, 0.1) is 27.9 Å². The number of nitrogens with zero attached hydrogens (tertiary/aromatic N) is 2. The summed E-state index contributed by atoms with van der Waals surface area (Å²) < 4.78 is 10.9. The van der Waals surface area contributed by atoms with Gasteiger partial charge in [-0.1, -0.05) is 17.7 Å². The number of benzene rings is 2. The number of amides is 2. The summed E-state index contributed by atoms with van der Waals surface area (Å²) in [5.74, 6) is -4.61. The summed E-state index contributed by atoms with van der Waals surface area (Å²) in [5.41, 5.74) is 1.42. The number of nitro groups is 1. The Kier molecular flexibility index (Phi) is 6.32. The van der Waals surface area contributed by atoms with Gasteiger partial charge in [0.05, 0.1) is 36.7 Å². The Hall–Kier alpha value is -5.06. The molecule has 6 rings (SSSR count). The first-order chi connectivity index (χ1) is 20.1. The van der Waals surface area contributed by atoms with Crippen LogP contribution in [0.4, 0.5) is 11.4 Å². The number of aromatic hydroxyl groups is 1. The number of carbonyl (C=O) groups is 4. The van der Waals surface area contributed by atoms with E-state index in [-0.39, 0.29) is 69.6 Å². The number of hydrogen-bond acceptors (Lipinski definition) is 9. The summed E-state index contributed by atoms with van der Waals surface area (Å²) in [5, 5.41) is 22.6. The third kappa shape index (κ3) is 3.87. The number of hydrogen-bond donors (Lipinski definition) is 1. The summed E-state index contributed by atoms with van der Waals surface area (Å²) in [6.07, 6.45) is 3.31. The number of methoxy groups -OCH3 is 2. The van der Waals surface area contributed by atoms with Crippen molar-refractivity contribution in [3.63, 3.8) is 0 Å². The molecule has 4 aliphatic rings. The van der Waals surface area contributed by atoms with E-state index in [1.807, 2.05) is 6.08 Å². The fourth-order valence-electron chi connectivity index (χ4n) is 6.86. The van der Waals surface area contributed by atoms with Gasteiger partial charge >= 0.3 is 0 Å². The second-order valence-electron chi connectivity index (χ2n) is 10.8. The summed E-state index contributed by atoms with van der Waals surface area (Å²) in [6, 6.07) is 8.29. The molecular formula is C31H26N2O9. The van der Waals surface area contributed by atoms with Crippen LogP contribution in [0.2, 0.25) is 0 Å². The first-order valence-corrected chi connectivity index (χ1v) is 13.3. The number of Topliss-reactive ketones (excluding diaryl/α,β-unsaturated/α-hetero) is 1. The molecule has 11 heteroatoms. The smallest absolute Gasteiger partial charge is 0.271 e. The van der Waals surface area contributed by atoms with Crippen molar-refractivity contribution >= 4 is 34.8 Å². The number of phenols is 1. The molecule has 11 nitrogen and oxygen atoms in total. The summed E-state index contributed by atoms with van der Waals surface area (Å²) >= 11 is 0. The highest BCUT2D eigenvalue weighted by atomic mass is 16.6. The quantitative estimate of drug-likeness (QED) is 0.185. The highest BCUT2D eigenvalue weighted by molar-refractivity contribution is 6.25. The Balaban J connectivity index is 1.51. The highest BCUT2D eigenvalue weighted by Gasteiger charge is 2.57. The molecule has 1 saturated heterocycles. The second-order valence-corrected chi connectivity index (χ2v) is 10.8. The van der Waals surface area contributed by atoms with Crippen molar-refractivity contribution < 1.29 is 38.7 Å². The summed E-state index contributed by atoms with van der Waals surface area (Å²) in [4.78, 5) is 66.4. The lowest BCUT2D eigenvalue weighted by Crippen LogP contribution is -2.40. The SMILES string of the molecule is COc1cc(O)c([C@H]2C3=CC[C@@H]4C(=O)N(c5cccc([N+](=O)[O-])c5)C(=O)[C@@H]4[C@@H]3CC3=C2C(=O)C(C)=CC3=O)c(OC)c1. The van der Waals surface area contributed by atoms with Gasteiger partial charge in [0, 0.05) is 52.5 Å². The number of carbonyl (C=O) groups excluding carboxylic acids is 4. The molecule has 1 heterocycles. The van der Waals surface area contributed by atoms with Crippen LogP contribution in [-0.2, 0) is 19.2 Å². The molecule has 4 atom stereocenters. The monoisotopic (exact) mass is 570 g/mol. The van der Waals surface area contributed by atoms with E-state index in [0.29, 0.717) is 11.3 Å². The maximum Gasteiger partial charge on any atom is 0.271 e. The van der Waals surface area contributed by atoms with Gasteiger partial charge in [0.25, 0.3) is 5.69 Å². The molecule has 2 amide bonds. The molecule has 1 fully saturated rings. The van der Waals surface area contributed by atoms with Crippen LogP contribution >= 0.6 is 0 Å². The molecule has 0 saturated carbocycles. The number of phenolic OH excluding ortho intramolecular Hbond substituents is 1. The third-order valence-electron chi connectivity index (χ3n) is 8.70. The van der Waals surface area contributed by atoms with Crippen LogP contribution in [0.15, 0.2) is 70.8 Å². The Morgan fingerprint density at radius 1 is 1.02 bits per heavy atom. The van der Waals surface area contributed by atoms with Gasteiger partial charge in [-0.2, -0.15) is 0 Å². The molecule has 2 aromatic carbocycles. The number of ketones is 2. The van der Waals surface area contributed by atoms with Gasteiger partial charge in [-0.05, 0) is 37.8 Å². The van der Waals surface area contributed by atoms with Crippen molar-refractivity contribution in [2.24, 2.45) is 17.8 Å². The van der Waals surface area contributed by atoms with Crippen LogP contribution in [-0.4, -0.2) is 47.6 Å². The Morgan fingerprint density at radius 2 is 1.79 bits per heavy atom. The zero-order valence-electron chi connectivity index (χ0n) is 23.0. The van der Waals surface area contributed by atoms with Crippen molar-refractivity contribution in [2.75, 3.05) is 19.1 Å². The number of ether oxygens (including phenoxy) is 2. The number of allylic oxidation sites excluding steroid dienone is 6. The average Bonchev–Trinajstić information content (AvgIpc) is 3.24. The Labute approximate surface area is 239 Å². The molecule has 0 radical (unpaired) electrons. The zero-order valence-corrected chi connectivity index (χ0v) is 23.0. The van der Waals surface area contributed by atoms with Crippen LogP contribution in [0.5, 0.6) is 17.2 Å². The molecule has 214 valence electrons.